The van der Waals surface area contributed by atoms with E-state index >= 15 is 0 Å². The Bertz CT molecular complexity index is 797. The smallest absolute Gasteiger partial charge is 0.368 e. The molecule has 1 aliphatic rings. The minimum Gasteiger partial charge on any atom is -0.368 e. The van der Waals surface area contributed by atoms with Gasteiger partial charge in [0.25, 0.3) is 5.91 Å². The van der Waals surface area contributed by atoms with Crippen molar-refractivity contribution in [1.82, 2.24) is 4.90 Å². The second-order valence-corrected chi connectivity index (χ2v) is 6.72. The van der Waals surface area contributed by atoms with Gasteiger partial charge in [-0.25, -0.2) is 0 Å². The first-order valence-corrected chi connectivity index (χ1v) is 8.61. The van der Waals surface area contributed by atoms with Crippen molar-refractivity contribution < 1.29 is 18.0 Å². The molecule has 2 aromatic carbocycles. The number of benzene rings is 2. The van der Waals surface area contributed by atoms with Crippen LogP contribution in [-0.4, -0.2) is 37.0 Å². The molecule has 1 aliphatic heterocycles. The summed E-state index contributed by atoms with van der Waals surface area (Å²) in [6, 6.07) is 10.1. The summed E-state index contributed by atoms with van der Waals surface area (Å²) in [6.07, 6.45) is -4.40. The highest BCUT2D eigenvalue weighted by atomic mass is 35.5. The number of carbonyl (C=O) groups is 1. The van der Waals surface area contributed by atoms with Gasteiger partial charge in [-0.2, -0.15) is 13.2 Å². The monoisotopic (exact) mass is 382 g/mol. The van der Waals surface area contributed by atoms with Crippen LogP contribution in [0.3, 0.4) is 0 Å². The van der Waals surface area contributed by atoms with E-state index in [0.29, 0.717) is 31.2 Å². The van der Waals surface area contributed by atoms with E-state index in [-0.39, 0.29) is 11.5 Å². The largest absolute Gasteiger partial charge is 0.416 e. The lowest BCUT2D eigenvalue weighted by atomic mass is 10.1. The molecular formula is C19H18ClF3N2O. The minimum atomic E-state index is -4.40. The van der Waals surface area contributed by atoms with Crippen molar-refractivity contribution in [1.29, 1.82) is 0 Å². The third-order valence-electron chi connectivity index (χ3n) is 4.54. The molecule has 0 radical (unpaired) electrons. The molecule has 1 amide bonds. The molecule has 0 N–H and O–H groups in total. The SMILES string of the molecule is Cc1ccc(Cl)cc1N1CCN(C(=O)c2ccc(C(F)(F)F)cc2)CC1. The van der Waals surface area contributed by atoms with Gasteiger partial charge in [0.05, 0.1) is 5.56 Å². The van der Waals surface area contributed by atoms with Gasteiger partial charge in [-0.05, 0) is 48.9 Å². The lowest BCUT2D eigenvalue weighted by Gasteiger charge is -2.37. The standard InChI is InChI=1S/C19H18ClF3N2O/c1-13-2-7-16(20)12-17(13)24-8-10-25(11-9-24)18(26)14-3-5-15(6-4-14)19(21,22)23/h2-7,12H,8-11H2,1H3. The predicted molar refractivity (Wildman–Crippen MR) is 95.7 cm³/mol. The second-order valence-electron chi connectivity index (χ2n) is 6.29. The van der Waals surface area contributed by atoms with Gasteiger partial charge >= 0.3 is 6.18 Å². The first-order chi connectivity index (χ1) is 12.3. The summed E-state index contributed by atoms with van der Waals surface area (Å²) in [5, 5.41) is 0.661. The number of hydrogen-bond donors (Lipinski definition) is 0. The van der Waals surface area contributed by atoms with E-state index in [2.05, 4.69) is 4.90 Å². The number of piperazine rings is 1. The summed E-state index contributed by atoms with van der Waals surface area (Å²) >= 11 is 6.07. The maximum Gasteiger partial charge on any atom is 0.416 e. The van der Waals surface area contributed by atoms with Crippen LogP contribution in [0.25, 0.3) is 0 Å². The van der Waals surface area contributed by atoms with E-state index in [4.69, 9.17) is 11.6 Å². The van der Waals surface area contributed by atoms with Crippen molar-refractivity contribution >= 4 is 23.2 Å². The molecule has 3 nitrogen and oxygen atoms in total. The van der Waals surface area contributed by atoms with Crippen molar-refractivity contribution in [2.45, 2.75) is 13.1 Å². The highest BCUT2D eigenvalue weighted by molar-refractivity contribution is 6.30. The number of rotatable bonds is 2. The van der Waals surface area contributed by atoms with Crippen LogP contribution in [0.15, 0.2) is 42.5 Å². The fraction of sp³-hybridized carbons (Fsp3) is 0.316. The number of halogens is 4. The van der Waals surface area contributed by atoms with Gasteiger partial charge in [0, 0.05) is 42.5 Å². The fourth-order valence-electron chi connectivity index (χ4n) is 3.06. The summed E-state index contributed by atoms with van der Waals surface area (Å²) in [5.41, 5.74) is 1.66. The Kier molecular flexibility index (Phi) is 5.14. The predicted octanol–water partition coefficient (Wildman–Crippen LogP) is 4.63. The molecular weight excluding hydrogens is 365 g/mol. The fourth-order valence-corrected chi connectivity index (χ4v) is 3.22. The Balaban J connectivity index is 1.66. The van der Waals surface area contributed by atoms with E-state index in [9.17, 15) is 18.0 Å². The summed E-state index contributed by atoms with van der Waals surface area (Å²) in [4.78, 5) is 16.4. The Morgan fingerprint density at radius 3 is 2.19 bits per heavy atom. The summed E-state index contributed by atoms with van der Waals surface area (Å²) in [7, 11) is 0. The summed E-state index contributed by atoms with van der Waals surface area (Å²) < 4.78 is 37.9. The molecule has 0 saturated carbocycles. The second kappa shape index (κ2) is 7.19. The molecule has 0 spiro atoms. The van der Waals surface area contributed by atoms with Crippen LogP contribution in [-0.2, 0) is 6.18 Å². The van der Waals surface area contributed by atoms with Gasteiger partial charge in [-0.15, -0.1) is 0 Å². The van der Waals surface area contributed by atoms with Crippen molar-refractivity contribution in [3.8, 4) is 0 Å². The molecule has 26 heavy (non-hydrogen) atoms. The van der Waals surface area contributed by atoms with E-state index in [1.165, 1.54) is 12.1 Å². The number of alkyl halides is 3. The molecule has 1 saturated heterocycles. The number of nitrogens with zero attached hydrogens (tertiary/aromatic N) is 2. The molecule has 1 heterocycles. The Hall–Kier alpha value is -2.21. The zero-order valence-electron chi connectivity index (χ0n) is 14.2. The van der Waals surface area contributed by atoms with Crippen molar-refractivity contribution in [2.75, 3.05) is 31.1 Å². The van der Waals surface area contributed by atoms with Crippen LogP contribution >= 0.6 is 11.6 Å². The molecule has 0 bridgehead atoms. The van der Waals surface area contributed by atoms with Crippen LogP contribution in [0.4, 0.5) is 18.9 Å². The quantitative estimate of drug-likeness (QED) is 0.756. The highest BCUT2D eigenvalue weighted by Gasteiger charge is 2.30. The highest BCUT2D eigenvalue weighted by Crippen LogP contribution is 2.29. The maximum absolute atomic E-state index is 12.6. The van der Waals surface area contributed by atoms with E-state index in [1.54, 1.807) is 4.90 Å². The Morgan fingerprint density at radius 1 is 1.00 bits per heavy atom. The van der Waals surface area contributed by atoms with E-state index in [1.807, 2.05) is 25.1 Å². The molecule has 138 valence electrons. The zero-order chi connectivity index (χ0) is 18.9. The third kappa shape index (κ3) is 3.96. The number of anilines is 1. The lowest BCUT2D eigenvalue weighted by Crippen LogP contribution is -2.49. The maximum atomic E-state index is 12.6. The number of hydrogen-bond acceptors (Lipinski definition) is 2. The third-order valence-corrected chi connectivity index (χ3v) is 4.77. The van der Waals surface area contributed by atoms with Crippen LogP contribution < -0.4 is 4.90 Å². The molecule has 0 atom stereocenters. The van der Waals surface area contributed by atoms with Crippen molar-refractivity contribution in [2.24, 2.45) is 0 Å². The van der Waals surface area contributed by atoms with Gasteiger partial charge in [-0.1, -0.05) is 17.7 Å². The van der Waals surface area contributed by atoms with E-state index < -0.39 is 11.7 Å². The molecule has 0 aromatic heterocycles. The van der Waals surface area contributed by atoms with Gasteiger partial charge < -0.3 is 9.80 Å². The minimum absolute atomic E-state index is 0.249. The number of carbonyl (C=O) groups excluding carboxylic acids is 1. The van der Waals surface area contributed by atoms with Crippen LogP contribution in [0, 0.1) is 6.92 Å². The molecule has 3 rings (SSSR count). The number of amides is 1. The molecule has 0 unspecified atom stereocenters. The molecule has 1 fully saturated rings. The van der Waals surface area contributed by atoms with Gasteiger partial charge in [0.15, 0.2) is 0 Å². The lowest BCUT2D eigenvalue weighted by molar-refractivity contribution is -0.137. The summed E-state index contributed by atoms with van der Waals surface area (Å²) in [6.45, 7) is 4.31. The average Bonchev–Trinajstić information content (AvgIpc) is 2.63. The number of aryl methyl sites for hydroxylation is 1. The first kappa shape index (κ1) is 18.6. The van der Waals surface area contributed by atoms with Gasteiger partial charge in [0.2, 0.25) is 0 Å². The molecule has 2 aromatic rings. The normalized spacial score (nSPS) is 15.3. The summed E-state index contributed by atoms with van der Waals surface area (Å²) in [5.74, 6) is -0.249. The van der Waals surface area contributed by atoms with Crippen molar-refractivity contribution in [3.63, 3.8) is 0 Å². The van der Waals surface area contributed by atoms with Gasteiger partial charge in [0.1, 0.15) is 0 Å². The Labute approximate surface area is 155 Å². The Morgan fingerprint density at radius 2 is 1.62 bits per heavy atom. The van der Waals surface area contributed by atoms with Crippen LogP contribution in [0.1, 0.15) is 21.5 Å². The molecule has 7 heteroatoms. The molecule has 0 aliphatic carbocycles. The van der Waals surface area contributed by atoms with Crippen LogP contribution in [0.5, 0.6) is 0 Å². The topological polar surface area (TPSA) is 23.6 Å². The van der Waals surface area contributed by atoms with Gasteiger partial charge in [-0.3, -0.25) is 4.79 Å². The van der Waals surface area contributed by atoms with Crippen LogP contribution in [0.2, 0.25) is 5.02 Å². The average molecular weight is 383 g/mol. The first-order valence-electron chi connectivity index (χ1n) is 8.23. The van der Waals surface area contributed by atoms with Crippen molar-refractivity contribution in [3.05, 3.63) is 64.2 Å². The zero-order valence-corrected chi connectivity index (χ0v) is 14.9. The van der Waals surface area contributed by atoms with E-state index in [0.717, 1.165) is 23.4 Å².